The van der Waals surface area contributed by atoms with Crippen molar-refractivity contribution in [2.24, 2.45) is 0 Å². The minimum atomic E-state index is -4.58. The number of H-pyrrole nitrogens is 1. The van der Waals surface area contributed by atoms with Gasteiger partial charge in [0.25, 0.3) is 0 Å². The van der Waals surface area contributed by atoms with E-state index >= 15 is 0 Å². The quantitative estimate of drug-likeness (QED) is 0.755. The molecule has 0 saturated heterocycles. The van der Waals surface area contributed by atoms with Crippen LogP contribution in [0.25, 0.3) is 11.0 Å². The monoisotopic (exact) mass is 340 g/mol. The maximum Gasteiger partial charge on any atom is 0.435 e. The van der Waals surface area contributed by atoms with Crippen LogP contribution in [0.4, 0.5) is 13.2 Å². The summed E-state index contributed by atoms with van der Waals surface area (Å²) in [6.45, 7) is 1.15. The number of hydrogen-bond donors (Lipinski definition) is 2. The van der Waals surface area contributed by atoms with E-state index in [1.165, 1.54) is 25.1 Å². The van der Waals surface area contributed by atoms with E-state index in [1.54, 1.807) is 0 Å². The van der Waals surface area contributed by atoms with Gasteiger partial charge in [0.2, 0.25) is 0 Å². The van der Waals surface area contributed by atoms with E-state index < -0.39 is 17.8 Å². The Morgan fingerprint density at radius 2 is 2.17 bits per heavy atom. The van der Waals surface area contributed by atoms with E-state index in [2.05, 4.69) is 10.2 Å². The summed E-state index contributed by atoms with van der Waals surface area (Å²) in [5.41, 5.74) is -0.843. The van der Waals surface area contributed by atoms with Gasteiger partial charge in [-0.1, -0.05) is 0 Å². The van der Waals surface area contributed by atoms with Gasteiger partial charge in [0.15, 0.2) is 5.69 Å². The number of carboxylic acids is 1. The Bertz CT molecular complexity index is 911. The van der Waals surface area contributed by atoms with E-state index in [0.29, 0.717) is 11.0 Å². The van der Waals surface area contributed by atoms with Crippen molar-refractivity contribution in [2.45, 2.75) is 19.7 Å². The number of aromatic amines is 1. The second-order valence-electron chi connectivity index (χ2n) is 5.04. The minimum absolute atomic E-state index is 0.00487. The predicted molar refractivity (Wildman–Crippen MR) is 75.8 cm³/mol. The number of nitrogens with zero attached hydrogens (tertiary/aromatic N) is 1. The molecule has 0 atom stereocenters. The molecule has 3 aromatic rings. The summed E-state index contributed by atoms with van der Waals surface area (Å²) < 4.78 is 48.9. The van der Waals surface area contributed by atoms with Crippen molar-refractivity contribution in [1.82, 2.24) is 10.2 Å². The van der Waals surface area contributed by atoms with Crippen molar-refractivity contribution in [3.63, 3.8) is 0 Å². The SMILES string of the molecule is Cc1oc2ccc(OCc3c[nH]nc3C(F)(F)F)cc2c1C(=O)O. The van der Waals surface area contributed by atoms with Crippen LogP contribution >= 0.6 is 0 Å². The number of carboxylic acid groups (broad SMARTS) is 1. The number of ether oxygens (including phenoxy) is 1. The highest BCUT2D eigenvalue weighted by molar-refractivity contribution is 6.03. The molecule has 9 heteroatoms. The molecule has 0 radical (unpaired) electrons. The molecule has 0 spiro atoms. The molecule has 2 aromatic heterocycles. The molecule has 1 aromatic carbocycles. The molecule has 0 fully saturated rings. The summed E-state index contributed by atoms with van der Waals surface area (Å²) >= 11 is 0. The first-order valence-electron chi connectivity index (χ1n) is 6.76. The normalized spacial score (nSPS) is 11.8. The van der Waals surface area contributed by atoms with Crippen LogP contribution in [0.3, 0.4) is 0 Å². The number of aromatic carboxylic acids is 1. The summed E-state index contributed by atoms with van der Waals surface area (Å²) in [5, 5.41) is 14.9. The van der Waals surface area contributed by atoms with Gasteiger partial charge in [-0.05, 0) is 25.1 Å². The number of alkyl halides is 3. The molecular formula is C15H11F3N2O4. The van der Waals surface area contributed by atoms with Gasteiger partial charge >= 0.3 is 12.1 Å². The van der Waals surface area contributed by atoms with Crippen LogP contribution in [0.1, 0.15) is 27.4 Å². The third-order valence-corrected chi connectivity index (χ3v) is 3.43. The average molecular weight is 340 g/mol. The highest BCUT2D eigenvalue weighted by atomic mass is 19.4. The van der Waals surface area contributed by atoms with Gasteiger partial charge in [0.1, 0.15) is 29.3 Å². The standard InChI is InChI=1S/C15H11F3N2O4/c1-7-12(14(21)22)10-4-9(2-3-11(10)24-7)23-6-8-5-19-20-13(8)15(16,17)18/h2-5H,6H2,1H3,(H,19,20)(H,21,22). The van der Waals surface area contributed by atoms with E-state index in [4.69, 9.17) is 9.15 Å². The van der Waals surface area contributed by atoms with Crippen LogP contribution in [0, 0.1) is 6.92 Å². The van der Waals surface area contributed by atoms with Gasteiger partial charge in [-0.25, -0.2) is 4.79 Å². The van der Waals surface area contributed by atoms with E-state index in [1.807, 2.05) is 0 Å². The number of furan rings is 1. The number of carbonyl (C=O) groups is 1. The number of aryl methyl sites for hydroxylation is 1. The number of aromatic nitrogens is 2. The Morgan fingerprint density at radius 3 is 2.83 bits per heavy atom. The average Bonchev–Trinajstić information content (AvgIpc) is 3.06. The minimum Gasteiger partial charge on any atom is -0.489 e. The lowest BCUT2D eigenvalue weighted by molar-refractivity contribution is -0.142. The van der Waals surface area contributed by atoms with Crippen LogP contribution in [0.5, 0.6) is 5.75 Å². The van der Waals surface area contributed by atoms with Crippen LogP contribution in [-0.2, 0) is 12.8 Å². The summed E-state index contributed by atoms with van der Waals surface area (Å²) in [5.74, 6) is -0.693. The van der Waals surface area contributed by atoms with Crippen molar-refractivity contribution in [1.29, 1.82) is 0 Å². The molecule has 2 N–H and O–H groups in total. The second-order valence-corrected chi connectivity index (χ2v) is 5.04. The first-order chi connectivity index (χ1) is 11.3. The molecule has 24 heavy (non-hydrogen) atoms. The van der Waals surface area contributed by atoms with Gasteiger partial charge in [0, 0.05) is 17.1 Å². The van der Waals surface area contributed by atoms with Gasteiger partial charge in [-0.3, -0.25) is 5.10 Å². The first-order valence-corrected chi connectivity index (χ1v) is 6.76. The first kappa shape index (κ1) is 15.9. The highest BCUT2D eigenvalue weighted by Gasteiger charge is 2.36. The Morgan fingerprint density at radius 1 is 1.42 bits per heavy atom. The molecule has 0 saturated carbocycles. The van der Waals surface area contributed by atoms with Crippen molar-refractivity contribution >= 4 is 16.9 Å². The number of nitrogens with one attached hydrogen (secondary N) is 1. The maximum atomic E-state index is 12.7. The molecular weight excluding hydrogens is 329 g/mol. The zero-order valence-corrected chi connectivity index (χ0v) is 12.3. The molecule has 0 aliphatic heterocycles. The Hall–Kier alpha value is -2.97. The van der Waals surface area contributed by atoms with Gasteiger partial charge in [-0.2, -0.15) is 18.3 Å². The number of fused-ring (bicyclic) bond motifs is 1. The smallest absolute Gasteiger partial charge is 0.435 e. The van der Waals surface area contributed by atoms with Crippen LogP contribution in [-0.4, -0.2) is 21.3 Å². The van der Waals surface area contributed by atoms with Gasteiger partial charge < -0.3 is 14.3 Å². The Balaban J connectivity index is 1.88. The molecule has 0 aliphatic rings. The largest absolute Gasteiger partial charge is 0.489 e. The number of hydrogen-bond acceptors (Lipinski definition) is 4. The molecule has 126 valence electrons. The summed E-state index contributed by atoms with van der Waals surface area (Å²) in [6.07, 6.45) is -3.48. The lowest BCUT2D eigenvalue weighted by Crippen LogP contribution is -2.10. The van der Waals surface area contributed by atoms with Crippen molar-refractivity contribution in [2.75, 3.05) is 0 Å². The Kier molecular flexibility index (Phi) is 3.70. The lowest BCUT2D eigenvalue weighted by Gasteiger charge is -2.08. The maximum absolute atomic E-state index is 12.7. The topological polar surface area (TPSA) is 88.4 Å². The molecule has 0 amide bonds. The number of benzene rings is 1. The highest BCUT2D eigenvalue weighted by Crippen LogP contribution is 2.32. The van der Waals surface area contributed by atoms with E-state index in [-0.39, 0.29) is 29.2 Å². The van der Waals surface area contributed by atoms with Crippen molar-refractivity contribution in [3.05, 3.63) is 47.0 Å². The number of rotatable bonds is 4. The van der Waals surface area contributed by atoms with E-state index in [0.717, 1.165) is 6.20 Å². The molecule has 0 bridgehead atoms. The third kappa shape index (κ3) is 2.80. The van der Waals surface area contributed by atoms with E-state index in [9.17, 15) is 23.1 Å². The molecule has 0 unspecified atom stereocenters. The van der Waals surface area contributed by atoms with Gasteiger partial charge in [0.05, 0.1) is 0 Å². The van der Waals surface area contributed by atoms with Crippen molar-refractivity contribution < 1.29 is 32.2 Å². The summed E-state index contributed by atoms with van der Waals surface area (Å²) in [6, 6.07) is 4.41. The summed E-state index contributed by atoms with van der Waals surface area (Å²) in [4.78, 5) is 11.3. The second kappa shape index (κ2) is 5.59. The predicted octanol–water partition coefficient (Wildman–Crippen LogP) is 3.76. The molecule has 0 aliphatic carbocycles. The number of halogens is 3. The molecule has 3 rings (SSSR count). The fourth-order valence-corrected chi connectivity index (χ4v) is 2.39. The zero-order valence-electron chi connectivity index (χ0n) is 12.3. The Labute approximate surface area is 132 Å². The fraction of sp³-hybridized carbons (Fsp3) is 0.200. The molecule has 2 heterocycles. The van der Waals surface area contributed by atoms with Crippen LogP contribution < -0.4 is 4.74 Å². The third-order valence-electron chi connectivity index (χ3n) is 3.43. The lowest BCUT2D eigenvalue weighted by atomic mass is 10.1. The molecule has 6 nitrogen and oxygen atoms in total. The zero-order chi connectivity index (χ0) is 17.5. The van der Waals surface area contributed by atoms with Crippen molar-refractivity contribution in [3.8, 4) is 5.75 Å². The summed E-state index contributed by atoms with van der Waals surface area (Å²) in [7, 11) is 0. The van der Waals surface area contributed by atoms with Gasteiger partial charge in [-0.15, -0.1) is 0 Å². The van der Waals surface area contributed by atoms with Crippen LogP contribution in [0.2, 0.25) is 0 Å². The van der Waals surface area contributed by atoms with Crippen LogP contribution in [0.15, 0.2) is 28.8 Å². The fourth-order valence-electron chi connectivity index (χ4n) is 2.39.